The number of carbonyl (C=O) groups is 1. The van der Waals surface area contributed by atoms with E-state index in [-0.39, 0.29) is 0 Å². The number of hydrogen-bond donors (Lipinski definition) is 0. The van der Waals surface area contributed by atoms with Crippen molar-refractivity contribution in [2.24, 2.45) is 0 Å². The zero-order valence-electron chi connectivity index (χ0n) is 12.2. The zero-order chi connectivity index (χ0) is 15.1. The van der Waals surface area contributed by atoms with Gasteiger partial charge in [0.2, 0.25) is 0 Å². The van der Waals surface area contributed by atoms with Crippen molar-refractivity contribution in [1.29, 1.82) is 0 Å². The highest BCUT2D eigenvalue weighted by Gasteiger charge is 2.18. The van der Waals surface area contributed by atoms with E-state index in [1.165, 1.54) is 19.3 Å². The molecule has 1 aromatic rings. The van der Waals surface area contributed by atoms with Gasteiger partial charge < -0.3 is 4.74 Å². The molecule has 0 aromatic heterocycles. The summed E-state index contributed by atoms with van der Waals surface area (Å²) in [6.07, 6.45) is 6.55. The zero-order valence-corrected chi connectivity index (χ0v) is 13.8. The third kappa shape index (κ3) is 4.22. The molecule has 2 rings (SSSR count). The van der Waals surface area contributed by atoms with E-state index < -0.39 is 0 Å². The second-order valence-electron chi connectivity index (χ2n) is 5.06. The Balaban J connectivity index is 2.19. The van der Waals surface area contributed by atoms with Gasteiger partial charge in [-0.3, -0.25) is 4.79 Å². The smallest absolute Gasteiger partial charge is 0.150 e. The van der Waals surface area contributed by atoms with Crippen molar-refractivity contribution < 1.29 is 9.53 Å². The number of rotatable bonds is 5. The summed E-state index contributed by atoms with van der Waals surface area (Å²) in [5, 5.41) is 0. The van der Waals surface area contributed by atoms with Gasteiger partial charge in [0.25, 0.3) is 0 Å². The van der Waals surface area contributed by atoms with Crippen LogP contribution in [0, 0.1) is 11.8 Å². The first-order valence-electron chi connectivity index (χ1n) is 7.36. The molecule has 3 heteroatoms. The van der Waals surface area contributed by atoms with Crippen molar-refractivity contribution in [1.82, 2.24) is 0 Å². The Morgan fingerprint density at radius 2 is 2.19 bits per heavy atom. The lowest BCUT2D eigenvalue weighted by Gasteiger charge is -2.18. The lowest BCUT2D eigenvalue weighted by atomic mass is 9.98. The predicted molar refractivity (Wildman–Crippen MR) is 89.2 cm³/mol. The number of fused-ring (bicyclic) bond motifs is 1. The van der Waals surface area contributed by atoms with E-state index in [1.54, 1.807) is 0 Å². The molecule has 0 N–H and O–H groups in total. The minimum atomic E-state index is 0.304. The topological polar surface area (TPSA) is 26.3 Å². The van der Waals surface area contributed by atoms with Crippen molar-refractivity contribution in [3.05, 3.63) is 33.8 Å². The molecular formula is C18H19BrO2. The van der Waals surface area contributed by atoms with Crippen molar-refractivity contribution in [2.45, 2.75) is 39.0 Å². The fourth-order valence-electron chi connectivity index (χ4n) is 2.26. The SMILES string of the molecule is CCCCCCC#CC1=C(C=O)COc2ccc(Br)cc21. The molecule has 0 atom stereocenters. The number of ether oxygens (including phenoxy) is 1. The lowest BCUT2D eigenvalue weighted by Crippen LogP contribution is -2.11. The second kappa shape index (κ2) is 8.05. The molecule has 1 aliphatic heterocycles. The summed E-state index contributed by atoms with van der Waals surface area (Å²) in [4.78, 5) is 11.2. The first-order valence-corrected chi connectivity index (χ1v) is 8.15. The van der Waals surface area contributed by atoms with Crippen LogP contribution in [0.1, 0.15) is 44.6 Å². The van der Waals surface area contributed by atoms with E-state index in [4.69, 9.17) is 4.74 Å². The van der Waals surface area contributed by atoms with Gasteiger partial charge in [-0.15, -0.1) is 0 Å². The molecule has 0 radical (unpaired) electrons. The molecule has 0 spiro atoms. The van der Waals surface area contributed by atoms with Crippen LogP contribution in [0.25, 0.3) is 5.57 Å². The molecule has 0 fully saturated rings. The Morgan fingerprint density at radius 3 is 2.95 bits per heavy atom. The summed E-state index contributed by atoms with van der Waals surface area (Å²) in [5.74, 6) is 7.17. The number of hydrogen-bond acceptors (Lipinski definition) is 2. The number of allylic oxidation sites excluding steroid dienone is 1. The van der Waals surface area contributed by atoms with Crippen molar-refractivity contribution in [3.8, 4) is 17.6 Å². The van der Waals surface area contributed by atoms with Crippen molar-refractivity contribution in [3.63, 3.8) is 0 Å². The predicted octanol–water partition coefficient (Wildman–Crippen LogP) is 4.77. The maximum absolute atomic E-state index is 11.2. The van der Waals surface area contributed by atoms with Gasteiger partial charge in [-0.1, -0.05) is 54.0 Å². The number of benzene rings is 1. The Kier molecular flexibility index (Phi) is 6.07. The third-order valence-corrected chi connectivity index (χ3v) is 3.92. The van der Waals surface area contributed by atoms with Gasteiger partial charge in [0, 0.05) is 27.6 Å². The van der Waals surface area contributed by atoms with Crippen LogP contribution in [0.15, 0.2) is 28.2 Å². The number of halogens is 1. The maximum Gasteiger partial charge on any atom is 0.150 e. The van der Waals surface area contributed by atoms with Crippen LogP contribution >= 0.6 is 15.9 Å². The Labute approximate surface area is 134 Å². The summed E-state index contributed by atoms with van der Waals surface area (Å²) < 4.78 is 6.55. The fourth-order valence-corrected chi connectivity index (χ4v) is 2.62. The molecule has 1 aromatic carbocycles. The first kappa shape index (κ1) is 15.9. The van der Waals surface area contributed by atoms with E-state index in [2.05, 4.69) is 34.7 Å². The molecule has 0 unspecified atom stereocenters. The van der Waals surface area contributed by atoms with Gasteiger partial charge in [0.15, 0.2) is 6.29 Å². The van der Waals surface area contributed by atoms with E-state index in [0.717, 1.165) is 40.5 Å². The molecule has 0 saturated heterocycles. The van der Waals surface area contributed by atoms with Crippen molar-refractivity contribution in [2.75, 3.05) is 6.61 Å². The summed E-state index contributed by atoms with van der Waals surface area (Å²) >= 11 is 3.46. The minimum Gasteiger partial charge on any atom is -0.488 e. The van der Waals surface area contributed by atoms with Crippen LogP contribution in [0.5, 0.6) is 5.75 Å². The highest BCUT2D eigenvalue weighted by atomic mass is 79.9. The van der Waals surface area contributed by atoms with Crippen LogP contribution in [0.4, 0.5) is 0 Å². The van der Waals surface area contributed by atoms with Gasteiger partial charge in [-0.05, 0) is 24.6 Å². The summed E-state index contributed by atoms with van der Waals surface area (Å²) in [6.45, 7) is 2.50. The number of unbranched alkanes of at least 4 members (excludes halogenated alkanes) is 4. The molecule has 2 nitrogen and oxygen atoms in total. The molecule has 1 aliphatic rings. The van der Waals surface area contributed by atoms with Crippen LogP contribution in [0.2, 0.25) is 0 Å². The number of aldehydes is 1. The van der Waals surface area contributed by atoms with E-state index in [1.807, 2.05) is 18.2 Å². The van der Waals surface area contributed by atoms with Gasteiger partial charge in [-0.25, -0.2) is 0 Å². The standard InChI is InChI=1S/C18H19BrO2/c1-2-3-4-5-6-7-8-16-14(12-20)13-21-18-10-9-15(19)11-17(16)18/h9-12H,2-6,13H2,1H3. The molecule has 110 valence electrons. The second-order valence-corrected chi connectivity index (χ2v) is 5.98. The minimum absolute atomic E-state index is 0.304. The molecule has 0 aliphatic carbocycles. The molecular weight excluding hydrogens is 328 g/mol. The maximum atomic E-state index is 11.2. The lowest BCUT2D eigenvalue weighted by molar-refractivity contribution is -0.105. The van der Waals surface area contributed by atoms with Crippen LogP contribution in [0.3, 0.4) is 0 Å². The Morgan fingerprint density at radius 1 is 1.33 bits per heavy atom. The summed E-state index contributed by atoms with van der Waals surface area (Å²) in [5.41, 5.74) is 2.34. The molecule has 1 heterocycles. The van der Waals surface area contributed by atoms with Crippen molar-refractivity contribution >= 4 is 27.8 Å². The van der Waals surface area contributed by atoms with E-state index in [0.29, 0.717) is 12.2 Å². The molecule has 0 amide bonds. The van der Waals surface area contributed by atoms with Gasteiger partial charge in [0.1, 0.15) is 12.4 Å². The van der Waals surface area contributed by atoms with Crippen LogP contribution < -0.4 is 4.74 Å². The van der Waals surface area contributed by atoms with E-state index in [9.17, 15) is 4.79 Å². The molecule has 0 bridgehead atoms. The summed E-state index contributed by atoms with van der Waals surface area (Å²) in [7, 11) is 0. The average molecular weight is 347 g/mol. The largest absolute Gasteiger partial charge is 0.488 e. The highest BCUT2D eigenvalue weighted by Crippen LogP contribution is 2.34. The Bertz CT molecular complexity index is 605. The normalized spacial score (nSPS) is 13.0. The quantitative estimate of drug-likeness (QED) is 0.436. The van der Waals surface area contributed by atoms with Gasteiger partial charge >= 0.3 is 0 Å². The van der Waals surface area contributed by atoms with Crippen LogP contribution in [-0.4, -0.2) is 12.9 Å². The fraction of sp³-hybridized carbons (Fsp3) is 0.389. The van der Waals surface area contributed by atoms with E-state index >= 15 is 0 Å². The Hall–Kier alpha value is -1.53. The third-order valence-electron chi connectivity index (χ3n) is 3.43. The van der Waals surface area contributed by atoms with Gasteiger partial charge in [0.05, 0.1) is 0 Å². The monoisotopic (exact) mass is 346 g/mol. The first-order chi connectivity index (χ1) is 10.3. The molecule has 0 saturated carbocycles. The highest BCUT2D eigenvalue weighted by molar-refractivity contribution is 9.10. The molecule has 21 heavy (non-hydrogen) atoms. The summed E-state index contributed by atoms with van der Waals surface area (Å²) in [6, 6.07) is 5.80. The van der Waals surface area contributed by atoms with Crippen LogP contribution in [-0.2, 0) is 4.79 Å². The van der Waals surface area contributed by atoms with Gasteiger partial charge in [-0.2, -0.15) is 0 Å². The number of carbonyl (C=O) groups excluding carboxylic acids is 1. The average Bonchev–Trinajstić information content (AvgIpc) is 2.50.